The number of aliphatic hydroxyl groups excluding tert-OH is 1. The standard InChI is InChI=1S/C20H25NO3S/c1-3-4-15(11-21-20(23)24-2)13-5-7-17-14(9-13)6-8-19-18(17)10-16(12-22)25-19/h5,7,9-10,15,22H,3-4,6,8,11-12H2,1-2H3,(H,21,23). The summed E-state index contributed by atoms with van der Waals surface area (Å²) in [6.07, 6.45) is 3.79. The van der Waals surface area contributed by atoms with E-state index in [9.17, 15) is 9.90 Å². The molecule has 1 aliphatic carbocycles. The van der Waals surface area contributed by atoms with Crippen molar-refractivity contribution < 1.29 is 14.6 Å². The lowest BCUT2D eigenvalue weighted by atomic mass is 9.85. The number of ether oxygens (including phenoxy) is 1. The van der Waals surface area contributed by atoms with E-state index in [0.717, 1.165) is 30.6 Å². The fourth-order valence-corrected chi connectivity index (χ4v) is 4.62. The van der Waals surface area contributed by atoms with Gasteiger partial charge in [0.05, 0.1) is 13.7 Å². The van der Waals surface area contributed by atoms with Gasteiger partial charge in [0.25, 0.3) is 0 Å². The predicted octanol–water partition coefficient (Wildman–Crippen LogP) is 4.25. The van der Waals surface area contributed by atoms with Crippen LogP contribution in [0.4, 0.5) is 4.79 Å². The van der Waals surface area contributed by atoms with E-state index in [1.54, 1.807) is 11.3 Å². The Labute approximate surface area is 152 Å². The molecule has 1 aromatic carbocycles. The van der Waals surface area contributed by atoms with E-state index in [-0.39, 0.29) is 12.7 Å². The van der Waals surface area contributed by atoms with E-state index in [4.69, 9.17) is 0 Å². The van der Waals surface area contributed by atoms with Gasteiger partial charge in [-0.2, -0.15) is 0 Å². The van der Waals surface area contributed by atoms with Crippen LogP contribution < -0.4 is 5.32 Å². The molecule has 0 aliphatic heterocycles. The van der Waals surface area contributed by atoms with Crippen LogP contribution in [0.5, 0.6) is 0 Å². The number of thiophene rings is 1. The number of methoxy groups -OCH3 is 1. The van der Waals surface area contributed by atoms with E-state index in [0.29, 0.717) is 12.5 Å². The van der Waals surface area contributed by atoms with Gasteiger partial charge in [-0.15, -0.1) is 11.3 Å². The fraction of sp³-hybridized carbons (Fsp3) is 0.450. The van der Waals surface area contributed by atoms with Crippen LogP contribution in [0, 0.1) is 0 Å². The first-order chi connectivity index (χ1) is 12.2. The molecule has 0 saturated carbocycles. The quantitative estimate of drug-likeness (QED) is 0.811. The largest absolute Gasteiger partial charge is 0.453 e. The molecular weight excluding hydrogens is 334 g/mol. The number of hydrogen-bond donors (Lipinski definition) is 2. The maximum Gasteiger partial charge on any atom is 0.406 e. The molecular formula is C20H25NO3S. The predicted molar refractivity (Wildman–Crippen MR) is 101 cm³/mol. The van der Waals surface area contributed by atoms with Crippen LogP contribution in [0.1, 0.15) is 46.6 Å². The van der Waals surface area contributed by atoms with E-state index in [1.165, 1.54) is 34.2 Å². The topological polar surface area (TPSA) is 58.6 Å². The number of hydrogen-bond acceptors (Lipinski definition) is 4. The Balaban J connectivity index is 1.85. The molecule has 1 heterocycles. The Morgan fingerprint density at radius 2 is 2.16 bits per heavy atom. The van der Waals surface area contributed by atoms with Crippen molar-refractivity contribution in [3.8, 4) is 11.1 Å². The summed E-state index contributed by atoms with van der Waals surface area (Å²) in [4.78, 5) is 13.8. The van der Waals surface area contributed by atoms with Crippen molar-refractivity contribution in [2.24, 2.45) is 0 Å². The van der Waals surface area contributed by atoms with Gasteiger partial charge in [-0.25, -0.2) is 4.79 Å². The lowest BCUT2D eigenvalue weighted by molar-refractivity contribution is 0.170. The van der Waals surface area contributed by atoms with Gasteiger partial charge in [-0.05, 0) is 47.6 Å². The summed E-state index contributed by atoms with van der Waals surface area (Å²) in [6, 6.07) is 8.81. The van der Waals surface area contributed by atoms with Crippen LogP contribution in [0.15, 0.2) is 24.3 Å². The van der Waals surface area contributed by atoms with E-state index < -0.39 is 0 Å². The van der Waals surface area contributed by atoms with Crippen LogP contribution in [-0.2, 0) is 24.2 Å². The molecule has 1 atom stereocenters. The highest BCUT2D eigenvalue weighted by molar-refractivity contribution is 7.12. The molecule has 134 valence electrons. The van der Waals surface area contributed by atoms with Gasteiger partial charge < -0.3 is 15.2 Å². The highest BCUT2D eigenvalue weighted by atomic mass is 32.1. The zero-order chi connectivity index (χ0) is 17.8. The second kappa shape index (κ2) is 8.02. The van der Waals surface area contributed by atoms with Gasteiger partial charge in [-0.1, -0.05) is 31.5 Å². The normalized spacial score (nSPS) is 13.7. The minimum absolute atomic E-state index is 0.114. The first-order valence-corrected chi connectivity index (χ1v) is 9.65. The highest BCUT2D eigenvalue weighted by Crippen LogP contribution is 2.40. The number of benzene rings is 1. The number of alkyl carbamates (subject to hydrolysis) is 1. The van der Waals surface area contributed by atoms with E-state index >= 15 is 0 Å². The van der Waals surface area contributed by atoms with E-state index in [2.05, 4.69) is 41.2 Å². The fourth-order valence-electron chi connectivity index (χ4n) is 3.57. The number of carbonyl (C=O) groups is 1. The Hall–Kier alpha value is -1.85. The summed E-state index contributed by atoms with van der Waals surface area (Å²) in [6.45, 7) is 2.87. The van der Waals surface area contributed by atoms with Crippen LogP contribution in [0.3, 0.4) is 0 Å². The van der Waals surface area contributed by atoms with Gasteiger partial charge in [0.2, 0.25) is 0 Å². The molecule has 25 heavy (non-hydrogen) atoms. The van der Waals surface area contributed by atoms with Gasteiger partial charge in [0, 0.05) is 22.2 Å². The minimum atomic E-state index is -0.376. The van der Waals surface area contributed by atoms with Crippen LogP contribution >= 0.6 is 11.3 Å². The summed E-state index contributed by atoms with van der Waals surface area (Å²) in [5.74, 6) is 0.297. The third-order valence-electron chi connectivity index (χ3n) is 4.84. The summed E-state index contributed by atoms with van der Waals surface area (Å²) >= 11 is 1.72. The minimum Gasteiger partial charge on any atom is -0.453 e. The lowest BCUT2D eigenvalue weighted by Crippen LogP contribution is -2.28. The molecule has 1 aromatic heterocycles. The smallest absolute Gasteiger partial charge is 0.406 e. The summed E-state index contributed by atoms with van der Waals surface area (Å²) in [5, 5.41) is 12.2. The van der Waals surface area contributed by atoms with Gasteiger partial charge in [-0.3, -0.25) is 0 Å². The molecule has 1 aliphatic rings. The van der Waals surface area contributed by atoms with Crippen molar-refractivity contribution in [3.63, 3.8) is 0 Å². The number of aliphatic hydroxyl groups is 1. The number of carbonyl (C=O) groups excluding carboxylic acids is 1. The van der Waals surface area contributed by atoms with Crippen molar-refractivity contribution in [3.05, 3.63) is 45.1 Å². The second-order valence-electron chi connectivity index (χ2n) is 6.48. The molecule has 0 bridgehead atoms. The van der Waals surface area contributed by atoms with Crippen LogP contribution in [-0.4, -0.2) is 24.9 Å². The first kappa shape index (κ1) is 18.0. The molecule has 4 nitrogen and oxygen atoms in total. The lowest BCUT2D eigenvalue weighted by Gasteiger charge is -2.22. The molecule has 0 spiro atoms. The van der Waals surface area contributed by atoms with E-state index in [1.807, 2.05) is 0 Å². The van der Waals surface area contributed by atoms with Crippen molar-refractivity contribution in [2.45, 2.75) is 45.1 Å². The first-order valence-electron chi connectivity index (χ1n) is 8.83. The van der Waals surface area contributed by atoms with Crippen molar-refractivity contribution >= 4 is 17.4 Å². The maximum atomic E-state index is 11.4. The zero-order valence-corrected chi connectivity index (χ0v) is 15.6. The molecule has 0 saturated heterocycles. The third kappa shape index (κ3) is 3.88. The number of nitrogens with one attached hydrogen (secondary N) is 1. The third-order valence-corrected chi connectivity index (χ3v) is 6.02. The van der Waals surface area contributed by atoms with Gasteiger partial charge in [0.15, 0.2) is 0 Å². The Morgan fingerprint density at radius 3 is 2.88 bits per heavy atom. The van der Waals surface area contributed by atoms with Crippen LogP contribution in [0.2, 0.25) is 0 Å². The number of rotatable bonds is 6. The molecule has 2 N–H and O–H groups in total. The molecule has 3 rings (SSSR count). The Kier molecular flexibility index (Phi) is 5.76. The number of aryl methyl sites for hydroxylation is 2. The van der Waals surface area contributed by atoms with Crippen LogP contribution in [0.25, 0.3) is 11.1 Å². The summed E-state index contributed by atoms with van der Waals surface area (Å²) in [5.41, 5.74) is 5.21. The monoisotopic (exact) mass is 359 g/mol. The molecule has 0 radical (unpaired) electrons. The molecule has 1 amide bonds. The molecule has 5 heteroatoms. The second-order valence-corrected chi connectivity index (χ2v) is 7.70. The van der Waals surface area contributed by atoms with Crippen molar-refractivity contribution in [1.82, 2.24) is 5.32 Å². The van der Waals surface area contributed by atoms with Crippen molar-refractivity contribution in [1.29, 1.82) is 0 Å². The van der Waals surface area contributed by atoms with Gasteiger partial charge in [0.1, 0.15) is 0 Å². The maximum absolute atomic E-state index is 11.4. The molecule has 2 aromatic rings. The molecule has 1 unspecified atom stereocenters. The Bertz CT molecular complexity index is 753. The number of fused-ring (bicyclic) bond motifs is 3. The summed E-state index contributed by atoms with van der Waals surface area (Å²) < 4.78 is 4.69. The summed E-state index contributed by atoms with van der Waals surface area (Å²) in [7, 11) is 1.39. The highest BCUT2D eigenvalue weighted by Gasteiger charge is 2.21. The Morgan fingerprint density at radius 1 is 1.32 bits per heavy atom. The zero-order valence-electron chi connectivity index (χ0n) is 14.8. The number of amides is 1. The van der Waals surface area contributed by atoms with Crippen molar-refractivity contribution in [2.75, 3.05) is 13.7 Å². The average molecular weight is 359 g/mol. The molecule has 0 fully saturated rings. The van der Waals surface area contributed by atoms with Gasteiger partial charge >= 0.3 is 6.09 Å². The SMILES string of the molecule is CCCC(CNC(=O)OC)c1ccc2c(c1)CCc1sc(CO)cc1-2. The average Bonchev–Trinajstić information content (AvgIpc) is 3.08.